The predicted octanol–water partition coefficient (Wildman–Crippen LogP) is 2.59. The lowest BCUT2D eigenvalue weighted by Crippen LogP contribution is -2.40. The third-order valence-corrected chi connectivity index (χ3v) is 5.03. The molecule has 2 aliphatic rings. The van der Waals surface area contributed by atoms with Gasteiger partial charge in [-0.2, -0.15) is 10.4 Å². The zero-order valence-electron chi connectivity index (χ0n) is 15.9. The number of aryl methyl sites for hydroxylation is 1. The number of nitriles is 1. The van der Waals surface area contributed by atoms with Crippen LogP contribution in [0.5, 0.6) is 11.5 Å². The molecule has 0 saturated heterocycles. The van der Waals surface area contributed by atoms with Crippen molar-refractivity contribution in [2.24, 2.45) is 0 Å². The molecule has 0 radical (unpaired) electrons. The molecule has 4 rings (SSSR count). The lowest BCUT2D eigenvalue weighted by atomic mass is 10.1. The summed E-state index contributed by atoms with van der Waals surface area (Å²) in [6, 6.07) is 9.28. The first-order valence-corrected chi connectivity index (χ1v) is 9.56. The van der Waals surface area contributed by atoms with Gasteiger partial charge in [-0.05, 0) is 37.1 Å². The summed E-state index contributed by atoms with van der Waals surface area (Å²) in [5.41, 5.74) is 2.23. The first kappa shape index (κ1) is 18.2. The number of hydrogen-bond donors (Lipinski definition) is 1. The Bertz CT molecular complexity index is 917. The summed E-state index contributed by atoms with van der Waals surface area (Å²) >= 11 is 0. The normalized spacial score (nSPS) is 16.9. The van der Waals surface area contributed by atoms with Gasteiger partial charge in [0, 0.05) is 19.5 Å². The maximum Gasteiger partial charge on any atom is 0.318 e. The van der Waals surface area contributed by atoms with Crippen molar-refractivity contribution in [2.45, 2.75) is 38.9 Å². The summed E-state index contributed by atoms with van der Waals surface area (Å²) < 4.78 is 13.2. The number of fused-ring (bicyclic) bond motifs is 2. The van der Waals surface area contributed by atoms with Crippen LogP contribution in [0.15, 0.2) is 24.3 Å². The minimum atomic E-state index is -0.174. The second-order valence-electron chi connectivity index (χ2n) is 7.06. The van der Waals surface area contributed by atoms with E-state index in [9.17, 15) is 4.79 Å². The van der Waals surface area contributed by atoms with Gasteiger partial charge in [-0.1, -0.05) is 6.07 Å². The molecule has 2 amide bonds. The minimum Gasteiger partial charge on any atom is -0.490 e. The fraction of sp³-hybridized carbons (Fsp3) is 0.450. The number of aromatic nitrogens is 2. The fourth-order valence-corrected chi connectivity index (χ4v) is 3.50. The standard InChI is InChI=1S/C20H23N5O3/c1-14(15-4-5-18-19(10-15)28-9-3-8-27-18)22-20(26)24-6-2-7-25-17(13-24)11-16(12-21)23-25/h4-5,10-11,14H,2-3,6-9,13H2,1H3,(H,22,26)/t14-/m0/s1. The Labute approximate surface area is 163 Å². The van der Waals surface area contributed by atoms with Gasteiger partial charge in [0.05, 0.1) is 31.5 Å². The van der Waals surface area contributed by atoms with Crippen LogP contribution in [0.3, 0.4) is 0 Å². The first-order valence-electron chi connectivity index (χ1n) is 9.56. The van der Waals surface area contributed by atoms with E-state index in [2.05, 4.69) is 16.5 Å². The highest BCUT2D eigenvalue weighted by Gasteiger charge is 2.22. The van der Waals surface area contributed by atoms with E-state index in [4.69, 9.17) is 14.7 Å². The number of nitrogens with one attached hydrogen (secondary N) is 1. The molecule has 3 heterocycles. The van der Waals surface area contributed by atoms with Gasteiger partial charge in [-0.15, -0.1) is 0 Å². The van der Waals surface area contributed by atoms with Crippen LogP contribution in [0.4, 0.5) is 4.79 Å². The van der Waals surface area contributed by atoms with E-state index in [-0.39, 0.29) is 12.1 Å². The van der Waals surface area contributed by atoms with Crippen LogP contribution in [0, 0.1) is 11.3 Å². The van der Waals surface area contributed by atoms with Crippen molar-refractivity contribution >= 4 is 6.03 Å². The van der Waals surface area contributed by atoms with Gasteiger partial charge in [0.15, 0.2) is 17.2 Å². The van der Waals surface area contributed by atoms with E-state index in [1.54, 1.807) is 11.0 Å². The number of urea groups is 1. The molecule has 8 heteroatoms. The Morgan fingerprint density at radius 1 is 1.21 bits per heavy atom. The number of ether oxygens (including phenoxy) is 2. The molecule has 0 unspecified atom stereocenters. The highest BCUT2D eigenvalue weighted by Crippen LogP contribution is 2.32. The maximum absolute atomic E-state index is 12.8. The second-order valence-corrected chi connectivity index (χ2v) is 7.06. The van der Waals surface area contributed by atoms with Crippen molar-refractivity contribution in [3.8, 4) is 17.6 Å². The molecule has 1 N–H and O–H groups in total. The van der Waals surface area contributed by atoms with Crippen LogP contribution in [-0.4, -0.2) is 40.5 Å². The minimum absolute atomic E-state index is 0.132. The Hall–Kier alpha value is -3.21. The number of rotatable bonds is 2. The van der Waals surface area contributed by atoms with Crippen LogP contribution in [-0.2, 0) is 13.1 Å². The summed E-state index contributed by atoms with van der Waals surface area (Å²) in [5, 5.41) is 16.4. The van der Waals surface area contributed by atoms with Gasteiger partial charge in [-0.25, -0.2) is 4.79 Å². The Morgan fingerprint density at radius 2 is 2.04 bits per heavy atom. The largest absolute Gasteiger partial charge is 0.490 e. The Kier molecular flexibility index (Phi) is 5.06. The Morgan fingerprint density at radius 3 is 2.86 bits per heavy atom. The van der Waals surface area contributed by atoms with Crippen LogP contribution < -0.4 is 14.8 Å². The van der Waals surface area contributed by atoms with Crippen LogP contribution in [0.2, 0.25) is 0 Å². The molecular formula is C20H23N5O3. The average Bonchev–Trinajstić information content (AvgIpc) is 2.86. The van der Waals surface area contributed by atoms with Crippen molar-refractivity contribution in [2.75, 3.05) is 19.8 Å². The van der Waals surface area contributed by atoms with E-state index < -0.39 is 0 Å². The molecule has 0 saturated carbocycles. The molecule has 1 aromatic carbocycles. The Balaban J connectivity index is 1.44. The number of amides is 2. The molecule has 8 nitrogen and oxygen atoms in total. The van der Waals surface area contributed by atoms with E-state index in [1.807, 2.05) is 29.8 Å². The monoisotopic (exact) mass is 381 g/mol. The molecule has 0 fully saturated rings. The van der Waals surface area contributed by atoms with Crippen molar-refractivity contribution in [1.29, 1.82) is 5.26 Å². The number of benzene rings is 1. The average molecular weight is 381 g/mol. The van der Waals surface area contributed by atoms with E-state index >= 15 is 0 Å². The van der Waals surface area contributed by atoms with Gasteiger partial charge >= 0.3 is 6.03 Å². The zero-order chi connectivity index (χ0) is 19.5. The third kappa shape index (κ3) is 3.74. The summed E-state index contributed by atoms with van der Waals surface area (Å²) in [6.07, 6.45) is 1.65. The van der Waals surface area contributed by atoms with Crippen molar-refractivity contribution in [1.82, 2.24) is 20.0 Å². The number of hydrogen-bond acceptors (Lipinski definition) is 5. The SMILES string of the molecule is C[C@H](NC(=O)N1CCCn2nc(C#N)cc2C1)c1ccc2c(c1)OCCCO2. The molecular weight excluding hydrogens is 358 g/mol. The summed E-state index contributed by atoms with van der Waals surface area (Å²) in [4.78, 5) is 14.6. The topological polar surface area (TPSA) is 92.4 Å². The van der Waals surface area contributed by atoms with Crippen LogP contribution >= 0.6 is 0 Å². The molecule has 0 spiro atoms. The molecule has 2 aliphatic heterocycles. The van der Waals surface area contributed by atoms with Gasteiger partial charge in [0.1, 0.15) is 6.07 Å². The summed E-state index contributed by atoms with van der Waals surface area (Å²) in [6.45, 7) is 5.02. The van der Waals surface area contributed by atoms with Crippen molar-refractivity contribution in [3.05, 3.63) is 41.2 Å². The van der Waals surface area contributed by atoms with Crippen molar-refractivity contribution < 1.29 is 14.3 Å². The highest BCUT2D eigenvalue weighted by molar-refractivity contribution is 5.74. The third-order valence-electron chi connectivity index (χ3n) is 5.03. The first-order chi connectivity index (χ1) is 13.6. The summed E-state index contributed by atoms with van der Waals surface area (Å²) in [5.74, 6) is 1.47. The van der Waals surface area contributed by atoms with Gasteiger partial charge in [0.2, 0.25) is 0 Å². The lowest BCUT2D eigenvalue weighted by Gasteiger charge is -2.24. The fourth-order valence-electron chi connectivity index (χ4n) is 3.50. The molecule has 1 aromatic heterocycles. The quantitative estimate of drug-likeness (QED) is 0.863. The summed E-state index contributed by atoms with van der Waals surface area (Å²) in [7, 11) is 0. The van der Waals surface area contributed by atoms with E-state index in [1.165, 1.54) is 0 Å². The highest BCUT2D eigenvalue weighted by atomic mass is 16.5. The van der Waals surface area contributed by atoms with Gasteiger partial charge < -0.3 is 19.7 Å². The maximum atomic E-state index is 12.8. The lowest BCUT2D eigenvalue weighted by molar-refractivity contribution is 0.192. The molecule has 0 bridgehead atoms. The number of carbonyl (C=O) groups excluding carboxylic acids is 1. The molecule has 146 valence electrons. The van der Waals surface area contributed by atoms with Gasteiger partial charge in [0.25, 0.3) is 0 Å². The van der Waals surface area contributed by atoms with Crippen LogP contribution in [0.25, 0.3) is 0 Å². The number of carbonyl (C=O) groups is 1. The second kappa shape index (κ2) is 7.80. The molecule has 2 aromatic rings. The number of nitrogens with zero attached hydrogens (tertiary/aromatic N) is 4. The molecule has 0 aliphatic carbocycles. The predicted molar refractivity (Wildman–Crippen MR) is 101 cm³/mol. The smallest absolute Gasteiger partial charge is 0.318 e. The van der Waals surface area contributed by atoms with Crippen LogP contribution in [0.1, 0.15) is 42.8 Å². The van der Waals surface area contributed by atoms with E-state index in [0.717, 1.165) is 35.6 Å². The van der Waals surface area contributed by atoms with Gasteiger partial charge in [-0.3, -0.25) is 4.68 Å². The molecule has 1 atom stereocenters. The zero-order valence-corrected chi connectivity index (χ0v) is 15.9. The van der Waals surface area contributed by atoms with Crippen molar-refractivity contribution in [3.63, 3.8) is 0 Å². The molecule has 28 heavy (non-hydrogen) atoms. The van der Waals surface area contributed by atoms with E-state index in [0.29, 0.717) is 38.5 Å².